The van der Waals surface area contributed by atoms with Crippen LogP contribution in [-0.4, -0.2) is 213 Å². The third-order valence-electron chi connectivity index (χ3n) is 21.4. The fraction of sp³-hybridized carbons (Fsp3) is 0.474. The normalized spacial score (nSPS) is 13.8. The Bertz CT molecular complexity index is 5110. The summed E-state index contributed by atoms with van der Waals surface area (Å²) in [5.41, 5.74) is 17.3. The number of H-pyrrole nitrogens is 2. The number of methoxy groups -OCH3 is 6. The van der Waals surface area contributed by atoms with Gasteiger partial charge >= 0.3 is 6.18 Å². The summed E-state index contributed by atoms with van der Waals surface area (Å²) in [5.74, 6) is 9.69. The molecule has 3 fully saturated rings. The molecule has 3 saturated heterocycles. The van der Waals surface area contributed by atoms with E-state index in [1.54, 1.807) is 45.6 Å². The number of phenols is 2. The average molecular weight is 1900 g/mol. The Morgan fingerprint density at radius 2 is 0.780 bits per heavy atom. The quantitative estimate of drug-likeness (QED) is 0.00445. The fourth-order valence-electron chi connectivity index (χ4n) is 14.9. The minimum absolute atomic E-state index is 0. The van der Waals surface area contributed by atoms with Crippen molar-refractivity contribution in [1.82, 2.24) is 65.8 Å². The van der Waals surface area contributed by atoms with E-state index in [0.29, 0.717) is 65.9 Å². The highest BCUT2D eigenvalue weighted by Gasteiger charge is 2.31. The van der Waals surface area contributed by atoms with Crippen molar-refractivity contribution in [3.63, 3.8) is 0 Å². The molecule has 3 aliphatic heterocycles. The number of piperidine rings is 3. The molecule has 5 heterocycles. The molecule has 31 nitrogen and oxygen atoms in total. The van der Waals surface area contributed by atoms with Gasteiger partial charge in [-0.2, -0.15) is 23.4 Å². The van der Waals surface area contributed by atoms with Crippen molar-refractivity contribution in [3.05, 3.63) is 199 Å². The van der Waals surface area contributed by atoms with Gasteiger partial charge in [0.25, 0.3) is 11.8 Å². The van der Waals surface area contributed by atoms with Crippen molar-refractivity contribution >= 4 is 59.9 Å². The van der Waals surface area contributed by atoms with E-state index in [4.69, 9.17) is 104 Å². The first-order chi connectivity index (χ1) is 62.5. The minimum Gasteiger partial charge on any atom is -0.508 e. The number of aldehydes is 1. The maximum atomic E-state index is 13.1. The number of aromatic hydroxyl groups is 2. The third kappa shape index (κ3) is 33.5. The van der Waals surface area contributed by atoms with Crippen LogP contribution in [0.3, 0.4) is 0 Å². The van der Waals surface area contributed by atoms with Crippen LogP contribution in [0, 0.1) is 9.54 Å². The molecule has 0 bridgehead atoms. The van der Waals surface area contributed by atoms with Crippen LogP contribution in [0.1, 0.15) is 204 Å². The van der Waals surface area contributed by atoms with Gasteiger partial charge in [-0.05, 0) is 162 Å². The summed E-state index contributed by atoms with van der Waals surface area (Å²) < 4.78 is 101. The summed E-state index contributed by atoms with van der Waals surface area (Å²) in [5, 5.41) is 39.4. The van der Waals surface area contributed by atoms with Gasteiger partial charge in [0.1, 0.15) is 46.0 Å². The molecule has 10 N–H and O–H groups in total. The number of likely N-dealkylation sites (tertiary alicyclic amines) is 3. The van der Waals surface area contributed by atoms with Crippen LogP contribution in [-0.2, 0) is 52.8 Å². The number of nitrogens with two attached hydrogens (primary N) is 1. The van der Waals surface area contributed by atoms with Crippen molar-refractivity contribution in [2.75, 3.05) is 123 Å². The maximum absolute atomic E-state index is 13.1. The first-order valence-electron chi connectivity index (χ1n) is 42.8. The molecule has 12 rings (SSSR count). The molecular weight excluding hydrogens is 1760 g/mol. The van der Waals surface area contributed by atoms with Crippen LogP contribution in [0.2, 0.25) is 0 Å². The number of rotatable bonds is 35. The molecule has 9 aromatic rings. The maximum Gasteiger partial charge on any atom is 0.446 e. The number of ether oxygens (including phenoxy) is 12. The third-order valence-corrected chi connectivity index (χ3v) is 22.2. The molecule has 0 unspecified atom stereocenters. The predicted molar refractivity (Wildman–Crippen MR) is 512 cm³/mol. The highest BCUT2D eigenvalue weighted by Crippen LogP contribution is 2.43. The Morgan fingerprint density at radius 3 is 1.13 bits per heavy atom. The lowest BCUT2D eigenvalue weighted by Crippen LogP contribution is -2.52. The molecule has 37 heteroatoms. The molecule has 2 amide bonds. The van der Waals surface area contributed by atoms with E-state index < -0.39 is 18.4 Å². The lowest BCUT2D eigenvalue weighted by atomic mass is 9.97. The molecule has 724 valence electrons. The monoisotopic (exact) mass is 1890 g/mol. The standard InChI is InChI=1S/C27H38N4O5S.C27H36N4O4S.C23H28N4O2S.C14H22N2O5.C2HF3O.2CH4/c1-19(2)22-14-23(25(36-18-34-4)15-24(22)35-17-33-3)26(32)29-30-27(37)28-21-10-12-31(13-11-21)16-20-8-6-5-7-9-20;1-19(2)22-14-23(25(35-18-33-4)15-24(22)34-17-32-3)26-28-29-27(36)31(26)21-10-12-30(13-11-21)16-20-8-6-5-7-9-20;1-15(2)18-12-19(21(29)13-20(18)28)22-24-25-23(30)27(22)17-8-10-26(11-9-17)14-16-6-4-3-5-7-16;1-9(2)10-5-11(14(17)16-15)13(21-8-19-4)6-12(10)20-7-18-3;3-2(4,5)1-6;;/h5-9,14-15,19,21H,10-13,16-18H2,1-4H3,(H,29,32)(H2,28,30,37);5-9,14-15,19,21H,10-13,16-18H2,1-4H3,(H,29,36);3-7,12-13,15,17,28-29H,8-11,14H2,1-2H3,(H,25,30);5-6,9H,7-8,15H2,1-4H3,(H,16,17);1H;2*1H4. The van der Waals surface area contributed by atoms with Crippen molar-refractivity contribution < 1.29 is 94.6 Å². The van der Waals surface area contributed by atoms with Crippen LogP contribution in [0.25, 0.3) is 22.8 Å². The highest BCUT2D eigenvalue weighted by atomic mass is 32.1. The van der Waals surface area contributed by atoms with E-state index in [2.05, 4.69) is 160 Å². The highest BCUT2D eigenvalue weighted by molar-refractivity contribution is 7.80. The van der Waals surface area contributed by atoms with E-state index in [9.17, 15) is 33.0 Å². The Morgan fingerprint density at radius 1 is 0.462 bits per heavy atom. The summed E-state index contributed by atoms with van der Waals surface area (Å²) in [7, 11) is 9.30. The lowest BCUT2D eigenvalue weighted by Gasteiger charge is -2.33. The van der Waals surface area contributed by atoms with Gasteiger partial charge in [0, 0.05) is 144 Å². The smallest absolute Gasteiger partial charge is 0.446 e. The number of hydrogen-bond acceptors (Lipinski definition) is 26. The fourth-order valence-corrected chi connectivity index (χ4v) is 15.7. The zero-order valence-electron chi connectivity index (χ0n) is 76.3. The number of benzene rings is 7. The number of nitrogens with zero attached hydrogens (tertiary/aromatic N) is 7. The molecule has 7 aromatic carbocycles. The number of halogens is 3. The number of carbonyl (C=O) groups is 3. The Kier molecular flexibility index (Phi) is 47.0. The molecule has 132 heavy (non-hydrogen) atoms. The zero-order valence-corrected chi connectivity index (χ0v) is 78.8. The number of aromatic amines is 2. The summed E-state index contributed by atoms with van der Waals surface area (Å²) in [6, 6.07) is 46.3. The van der Waals surface area contributed by atoms with Gasteiger partial charge in [-0.1, -0.05) is 161 Å². The minimum atomic E-state index is -4.64. The van der Waals surface area contributed by atoms with E-state index in [1.165, 1.54) is 44.1 Å². The molecule has 0 radical (unpaired) electrons. The number of amides is 2. The largest absolute Gasteiger partial charge is 0.508 e. The molecule has 0 atom stereocenters. The summed E-state index contributed by atoms with van der Waals surface area (Å²) in [4.78, 5) is 41.1. The van der Waals surface area contributed by atoms with Gasteiger partial charge in [-0.25, -0.2) is 5.84 Å². The number of aromatic nitrogens is 6. The molecule has 2 aromatic heterocycles. The summed E-state index contributed by atoms with van der Waals surface area (Å²) >= 11 is 16.7. The van der Waals surface area contributed by atoms with Gasteiger partial charge in [0.2, 0.25) is 6.29 Å². The van der Waals surface area contributed by atoms with Crippen LogP contribution in [0.15, 0.2) is 140 Å². The van der Waals surface area contributed by atoms with E-state index in [0.717, 1.165) is 137 Å². The van der Waals surface area contributed by atoms with Gasteiger partial charge in [0.05, 0.1) is 22.3 Å². The molecular formula is C95H133F3N14O17S3. The summed E-state index contributed by atoms with van der Waals surface area (Å²) in [6.45, 7) is 25.6. The second-order valence-corrected chi connectivity index (χ2v) is 33.3. The number of thiocarbonyl (C=S) groups is 1. The van der Waals surface area contributed by atoms with E-state index in [-0.39, 0.29) is 115 Å². The van der Waals surface area contributed by atoms with Crippen molar-refractivity contribution in [2.24, 2.45) is 5.84 Å². The van der Waals surface area contributed by atoms with Gasteiger partial charge in [-0.15, -0.1) is 0 Å². The second-order valence-electron chi connectivity index (χ2n) is 32.2. The number of nitrogens with one attached hydrogen (secondary N) is 6. The van der Waals surface area contributed by atoms with Crippen molar-refractivity contribution in [3.8, 4) is 68.8 Å². The van der Waals surface area contributed by atoms with Gasteiger partial charge in [-0.3, -0.25) is 64.7 Å². The molecule has 0 aliphatic carbocycles. The first-order valence-corrected chi connectivity index (χ1v) is 44.0. The van der Waals surface area contributed by atoms with E-state index in [1.807, 2.05) is 70.4 Å². The predicted octanol–water partition coefficient (Wildman–Crippen LogP) is 17.5. The zero-order chi connectivity index (χ0) is 94.4. The summed E-state index contributed by atoms with van der Waals surface area (Å²) in [6.07, 6.45) is 0.151. The number of phenolic OH excluding ortho intramolecular Hbond substituents is 2. The Labute approximate surface area is 788 Å². The molecule has 3 aliphatic rings. The Balaban J connectivity index is 0.000000268. The topological polar surface area (TPSA) is 354 Å². The van der Waals surface area contributed by atoms with Crippen LogP contribution >= 0.6 is 36.7 Å². The molecule has 0 spiro atoms. The number of hydrazine groups is 2. The Hall–Kier alpha value is -10.7. The second kappa shape index (κ2) is 56.4. The lowest BCUT2D eigenvalue weighted by molar-refractivity contribution is -0.156. The van der Waals surface area contributed by atoms with E-state index >= 15 is 0 Å². The van der Waals surface area contributed by atoms with Gasteiger partial charge in [0.15, 0.2) is 67.1 Å². The van der Waals surface area contributed by atoms with Crippen LogP contribution < -0.4 is 55.9 Å². The van der Waals surface area contributed by atoms with Crippen molar-refractivity contribution in [1.29, 1.82) is 0 Å². The molecule has 0 saturated carbocycles. The first kappa shape index (κ1) is 110. The van der Waals surface area contributed by atoms with Crippen LogP contribution in [0.4, 0.5) is 13.2 Å². The number of hydrogen-bond donors (Lipinski definition) is 9. The van der Waals surface area contributed by atoms with Gasteiger partial charge < -0.3 is 72.4 Å². The van der Waals surface area contributed by atoms with Crippen molar-refractivity contribution in [2.45, 2.75) is 176 Å². The number of carbonyl (C=O) groups excluding carboxylic acids is 3. The van der Waals surface area contributed by atoms with Crippen LogP contribution in [0.5, 0.6) is 46.0 Å². The average Bonchev–Trinajstić information content (AvgIpc) is 1.57. The number of nitrogen functional groups attached to an aromatic ring is 1. The SMILES string of the molecule is C.C.CC(C)c1cc(-c2n[nH]c(=S)n2C2CCN(Cc3ccccc3)CC2)c(O)cc1O.COCOc1cc(OCOC)c(C(C)C)cc1-c1n[nH]c(=S)n1C1CCN(Cc2ccccc2)CC1.COCOc1cc(OCOC)c(C(C)C)cc1C(=O)NN.COCOc1cc(OCOC)c(C(C)C)cc1C(=O)NNC(=S)NC1CCN(Cc2ccccc2)CC1.O=CC(F)(F)F. The number of alkyl halides is 3.